The molecule has 0 aliphatic rings. The molecule has 2 unspecified atom stereocenters. The average Bonchev–Trinajstić information content (AvgIpc) is 3.08. The fourth-order valence-corrected chi connectivity index (χ4v) is 6.47. The summed E-state index contributed by atoms with van der Waals surface area (Å²) in [6.07, 6.45) is 25.3. The van der Waals surface area contributed by atoms with Crippen LogP contribution in [0.5, 0.6) is 0 Å². The fraction of sp³-hybridized carbons (Fsp3) is 0.949. The van der Waals surface area contributed by atoms with Crippen molar-refractivity contribution >= 4 is 19.8 Å². The van der Waals surface area contributed by atoms with Gasteiger partial charge in [0, 0.05) is 12.8 Å². The lowest BCUT2D eigenvalue weighted by atomic mass is 9.99. The van der Waals surface area contributed by atoms with Gasteiger partial charge in [-0.3, -0.25) is 18.6 Å². The summed E-state index contributed by atoms with van der Waals surface area (Å²) in [6.45, 7) is 6.99. The summed E-state index contributed by atoms with van der Waals surface area (Å²) >= 11 is 0. The molecule has 0 saturated heterocycles. The molecule has 0 fully saturated rings. The first kappa shape index (κ1) is 49.0. The molecular weight excluding hydrogens is 659 g/mol. The van der Waals surface area contributed by atoms with E-state index in [2.05, 4.69) is 32.2 Å². The van der Waals surface area contributed by atoms with Crippen LogP contribution < -0.4 is 0 Å². The van der Waals surface area contributed by atoms with Crippen LogP contribution in [0.25, 0.3) is 0 Å². The number of ether oxygens (including phenoxy) is 2. The highest BCUT2D eigenvalue weighted by molar-refractivity contribution is 7.47. The van der Waals surface area contributed by atoms with Crippen molar-refractivity contribution in [3.8, 4) is 0 Å². The summed E-state index contributed by atoms with van der Waals surface area (Å²) in [5.41, 5.74) is 0. The van der Waals surface area contributed by atoms with Crippen LogP contribution in [-0.4, -0.2) is 65.7 Å². The Kier molecular flexibility index (Phi) is 33.1. The molecule has 0 spiro atoms. The number of hydrogen-bond donors (Lipinski definition) is 3. The summed E-state index contributed by atoms with van der Waals surface area (Å²) in [5.74, 6) is 0.677. The number of carbonyl (C=O) groups is 2. The maximum atomic E-state index is 12.6. The van der Waals surface area contributed by atoms with Gasteiger partial charge in [-0.2, -0.15) is 0 Å². The Morgan fingerprint density at radius 1 is 0.600 bits per heavy atom. The van der Waals surface area contributed by atoms with E-state index in [1.165, 1.54) is 96.3 Å². The van der Waals surface area contributed by atoms with Crippen LogP contribution in [0.3, 0.4) is 0 Å². The van der Waals surface area contributed by atoms with E-state index in [-0.39, 0.29) is 19.4 Å². The van der Waals surface area contributed by atoms with Gasteiger partial charge in [0.15, 0.2) is 6.10 Å². The van der Waals surface area contributed by atoms with Crippen LogP contribution in [-0.2, 0) is 32.7 Å². The quantitative estimate of drug-likeness (QED) is 0.0320. The minimum atomic E-state index is -4.60. The van der Waals surface area contributed by atoms with Crippen LogP contribution in [0, 0.1) is 11.8 Å². The normalized spacial score (nSPS) is 14.7. The summed E-state index contributed by atoms with van der Waals surface area (Å²) in [5, 5.41) is 18.3. The molecule has 0 saturated carbocycles. The third kappa shape index (κ3) is 34.1. The SMILES string of the molecule is CCC(C)CCCCCCCCCCCCCCCCC(=O)O[C@H](COC(=O)CCCCCCCCC(C)C)COP(=O)(O)OC[C@@H](O)CO. The van der Waals surface area contributed by atoms with Crippen molar-refractivity contribution in [2.24, 2.45) is 11.8 Å². The molecule has 0 aromatic carbocycles. The van der Waals surface area contributed by atoms with E-state index in [4.69, 9.17) is 19.1 Å². The molecule has 0 bridgehead atoms. The molecule has 0 heterocycles. The van der Waals surface area contributed by atoms with Gasteiger partial charge in [0.25, 0.3) is 0 Å². The van der Waals surface area contributed by atoms with Crippen LogP contribution >= 0.6 is 7.82 Å². The number of phosphoric ester groups is 1. The number of aliphatic hydroxyl groups is 2. The van der Waals surface area contributed by atoms with Gasteiger partial charge in [0.05, 0.1) is 19.8 Å². The Bertz CT molecular complexity index is 840. The lowest BCUT2D eigenvalue weighted by molar-refractivity contribution is -0.161. The van der Waals surface area contributed by atoms with Crippen LogP contribution in [0.15, 0.2) is 0 Å². The Morgan fingerprint density at radius 2 is 1.02 bits per heavy atom. The smallest absolute Gasteiger partial charge is 0.462 e. The van der Waals surface area contributed by atoms with Gasteiger partial charge in [-0.15, -0.1) is 0 Å². The van der Waals surface area contributed by atoms with E-state index < -0.39 is 51.8 Å². The third-order valence-electron chi connectivity index (χ3n) is 9.23. The van der Waals surface area contributed by atoms with Gasteiger partial charge < -0.3 is 24.6 Å². The number of esters is 2. The summed E-state index contributed by atoms with van der Waals surface area (Å²) in [4.78, 5) is 34.8. The standard InChI is InChI=1S/C39H77O10P/c1-5-35(4)27-23-19-14-12-10-8-6-7-9-11-13-15-21-25-29-39(43)49-37(33-48-50(44,45)47-31-36(41)30-40)32-46-38(42)28-24-20-17-16-18-22-26-34(2)3/h34-37,40-41H,5-33H2,1-4H3,(H,44,45)/t35?,36-,37+/m0/s1. The van der Waals surface area contributed by atoms with Gasteiger partial charge in [-0.1, -0.05) is 163 Å². The van der Waals surface area contributed by atoms with Crippen molar-refractivity contribution in [1.82, 2.24) is 0 Å². The second kappa shape index (κ2) is 33.8. The van der Waals surface area contributed by atoms with Crippen molar-refractivity contribution < 1.29 is 47.8 Å². The second-order valence-electron chi connectivity index (χ2n) is 14.7. The van der Waals surface area contributed by atoms with Crippen LogP contribution in [0.4, 0.5) is 0 Å². The van der Waals surface area contributed by atoms with E-state index in [0.717, 1.165) is 50.4 Å². The lowest BCUT2D eigenvalue weighted by Gasteiger charge is -2.20. The van der Waals surface area contributed by atoms with Gasteiger partial charge >= 0.3 is 19.8 Å². The number of unbranched alkanes of at least 4 members (excludes halogenated alkanes) is 18. The molecule has 3 N–H and O–H groups in total. The molecule has 0 aliphatic carbocycles. The maximum absolute atomic E-state index is 12.6. The number of hydrogen-bond acceptors (Lipinski definition) is 9. The first-order valence-corrected chi connectivity index (χ1v) is 21.7. The molecule has 0 radical (unpaired) electrons. The molecular formula is C39H77O10P. The maximum Gasteiger partial charge on any atom is 0.472 e. The van der Waals surface area contributed by atoms with Gasteiger partial charge in [-0.25, -0.2) is 4.57 Å². The molecule has 0 amide bonds. The number of aliphatic hydroxyl groups excluding tert-OH is 2. The summed E-state index contributed by atoms with van der Waals surface area (Å²) < 4.78 is 32.6. The van der Waals surface area contributed by atoms with E-state index in [0.29, 0.717) is 12.8 Å². The Balaban J connectivity index is 4.25. The van der Waals surface area contributed by atoms with Crippen molar-refractivity contribution in [3.05, 3.63) is 0 Å². The van der Waals surface area contributed by atoms with Crippen molar-refractivity contribution in [2.75, 3.05) is 26.4 Å². The van der Waals surface area contributed by atoms with E-state index in [9.17, 15) is 24.2 Å². The average molecular weight is 737 g/mol. The van der Waals surface area contributed by atoms with Crippen molar-refractivity contribution in [1.29, 1.82) is 0 Å². The highest BCUT2D eigenvalue weighted by atomic mass is 31.2. The first-order valence-electron chi connectivity index (χ1n) is 20.2. The van der Waals surface area contributed by atoms with Crippen molar-refractivity contribution in [2.45, 2.75) is 200 Å². The lowest BCUT2D eigenvalue weighted by Crippen LogP contribution is -2.29. The molecule has 298 valence electrons. The third-order valence-corrected chi connectivity index (χ3v) is 10.2. The van der Waals surface area contributed by atoms with E-state index in [1.54, 1.807) is 0 Å². The highest BCUT2D eigenvalue weighted by Crippen LogP contribution is 2.43. The number of rotatable bonds is 37. The Labute approximate surface area is 305 Å². The number of carbonyl (C=O) groups excluding carboxylic acids is 2. The Hall–Kier alpha value is -1.03. The van der Waals surface area contributed by atoms with Gasteiger partial charge in [0.1, 0.15) is 12.7 Å². The largest absolute Gasteiger partial charge is 0.472 e. The molecule has 11 heteroatoms. The summed E-state index contributed by atoms with van der Waals surface area (Å²) in [6, 6.07) is 0. The zero-order valence-corrected chi connectivity index (χ0v) is 33.4. The monoisotopic (exact) mass is 737 g/mol. The van der Waals surface area contributed by atoms with Gasteiger partial charge in [0.2, 0.25) is 0 Å². The summed E-state index contributed by atoms with van der Waals surface area (Å²) in [7, 11) is -4.60. The van der Waals surface area contributed by atoms with Gasteiger partial charge in [-0.05, 0) is 24.7 Å². The topological polar surface area (TPSA) is 149 Å². The minimum Gasteiger partial charge on any atom is -0.462 e. The molecule has 50 heavy (non-hydrogen) atoms. The Morgan fingerprint density at radius 3 is 1.48 bits per heavy atom. The molecule has 4 atom stereocenters. The molecule has 0 aliphatic heterocycles. The minimum absolute atomic E-state index is 0.190. The predicted molar refractivity (Wildman–Crippen MR) is 201 cm³/mol. The first-order chi connectivity index (χ1) is 24.0. The number of phosphoric acid groups is 1. The van der Waals surface area contributed by atoms with E-state index >= 15 is 0 Å². The predicted octanol–water partition coefficient (Wildman–Crippen LogP) is 9.99. The molecule has 0 aromatic rings. The fourth-order valence-electron chi connectivity index (χ4n) is 5.68. The molecule has 0 aromatic heterocycles. The van der Waals surface area contributed by atoms with Crippen molar-refractivity contribution in [3.63, 3.8) is 0 Å². The zero-order chi connectivity index (χ0) is 37.3. The second-order valence-corrected chi connectivity index (χ2v) is 16.2. The zero-order valence-electron chi connectivity index (χ0n) is 32.5. The van der Waals surface area contributed by atoms with E-state index in [1.807, 2.05) is 0 Å². The molecule has 0 rings (SSSR count). The molecule has 10 nitrogen and oxygen atoms in total. The van der Waals surface area contributed by atoms with Crippen LogP contribution in [0.2, 0.25) is 0 Å². The highest BCUT2D eigenvalue weighted by Gasteiger charge is 2.27. The van der Waals surface area contributed by atoms with Crippen LogP contribution in [0.1, 0.15) is 188 Å².